The summed E-state index contributed by atoms with van der Waals surface area (Å²) in [5.41, 5.74) is 2.11. The van der Waals surface area contributed by atoms with Crippen LogP contribution in [0.25, 0.3) is 5.52 Å². The van der Waals surface area contributed by atoms with Crippen molar-refractivity contribution in [2.75, 3.05) is 45.2 Å². The van der Waals surface area contributed by atoms with Crippen LogP contribution in [0.5, 0.6) is 0 Å². The second kappa shape index (κ2) is 7.89. The number of anilines is 1. The van der Waals surface area contributed by atoms with E-state index in [9.17, 15) is 4.79 Å². The van der Waals surface area contributed by atoms with Crippen LogP contribution in [0.3, 0.4) is 0 Å². The fraction of sp³-hybridized carbons (Fsp3) is 0.619. The van der Waals surface area contributed by atoms with E-state index in [1.807, 2.05) is 20.2 Å². The van der Waals surface area contributed by atoms with Crippen molar-refractivity contribution in [3.8, 4) is 0 Å². The molecule has 0 aliphatic carbocycles. The van der Waals surface area contributed by atoms with Crippen LogP contribution in [0.2, 0.25) is 0 Å². The molecular weight excluding hydrogens is 338 g/mol. The van der Waals surface area contributed by atoms with Gasteiger partial charge in [-0.05, 0) is 50.9 Å². The summed E-state index contributed by atoms with van der Waals surface area (Å²) in [6, 6.07) is 4.23. The molecule has 4 rings (SSSR count). The van der Waals surface area contributed by atoms with Gasteiger partial charge >= 0.3 is 0 Å². The highest BCUT2D eigenvalue weighted by Gasteiger charge is 2.31. The van der Waals surface area contributed by atoms with Gasteiger partial charge in [-0.1, -0.05) is 6.42 Å². The lowest BCUT2D eigenvalue weighted by Gasteiger charge is -2.29. The molecule has 2 aromatic rings. The zero-order valence-electron chi connectivity index (χ0n) is 16.6. The van der Waals surface area contributed by atoms with E-state index >= 15 is 0 Å². The molecule has 6 nitrogen and oxygen atoms in total. The van der Waals surface area contributed by atoms with Gasteiger partial charge in [0.15, 0.2) is 5.82 Å². The summed E-state index contributed by atoms with van der Waals surface area (Å²) in [6.45, 7) is 4.05. The number of hydrogen-bond donors (Lipinski definition) is 0. The third-order valence-electron chi connectivity index (χ3n) is 5.94. The summed E-state index contributed by atoms with van der Waals surface area (Å²) < 4.78 is 2.13. The van der Waals surface area contributed by atoms with Crippen molar-refractivity contribution in [1.29, 1.82) is 0 Å². The van der Waals surface area contributed by atoms with Crippen LogP contribution >= 0.6 is 0 Å². The first-order valence-corrected chi connectivity index (χ1v) is 10.3. The van der Waals surface area contributed by atoms with Gasteiger partial charge < -0.3 is 19.1 Å². The normalized spacial score (nSPS) is 21.1. The summed E-state index contributed by atoms with van der Waals surface area (Å²) in [4.78, 5) is 24.5. The van der Waals surface area contributed by atoms with Crippen LogP contribution in [-0.2, 0) is 4.79 Å². The molecule has 27 heavy (non-hydrogen) atoms. The molecule has 0 radical (unpaired) electrons. The van der Waals surface area contributed by atoms with Crippen LogP contribution in [0.4, 0.5) is 5.82 Å². The zero-order valence-corrected chi connectivity index (χ0v) is 16.6. The Kier molecular flexibility index (Phi) is 5.34. The fourth-order valence-electron chi connectivity index (χ4n) is 4.49. The Bertz CT molecular complexity index is 793. The zero-order chi connectivity index (χ0) is 18.8. The fourth-order valence-corrected chi connectivity index (χ4v) is 4.49. The minimum Gasteiger partial charge on any atom is -0.361 e. The van der Waals surface area contributed by atoms with Crippen molar-refractivity contribution < 1.29 is 4.79 Å². The number of hydrogen-bond acceptors (Lipinski definition) is 4. The van der Waals surface area contributed by atoms with E-state index in [0.29, 0.717) is 6.42 Å². The molecule has 6 heteroatoms. The van der Waals surface area contributed by atoms with Crippen LogP contribution in [0.1, 0.15) is 50.3 Å². The Labute approximate surface area is 161 Å². The first-order valence-electron chi connectivity index (χ1n) is 10.3. The molecule has 2 aliphatic rings. The first-order chi connectivity index (χ1) is 13.1. The molecule has 1 atom stereocenters. The topological polar surface area (TPSA) is 44.1 Å². The molecule has 2 aliphatic heterocycles. The highest BCUT2D eigenvalue weighted by molar-refractivity contribution is 5.77. The molecule has 0 aromatic carbocycles. The molecule has 0 unspecified atom stereocenters. The number of carbonyl (C=O) groups excluding carboxylic acids is 1. The summed E-state index contributed by atoms with van der Waals surface area (Å²) >= 11 is 0. The lowest BCUT2D eigenvalue weighted by molar-refractivity contribution is -0.132. The van der Waals surface area contributed by atoms with Gasteiger partial charge in [0.25, 0.3) is 0 Å². The molecule has 2 aromatic heterocycles. The maximum Gasteiger partial charge on any atom is 0.224 e. The van der Waals surface area contributed by atoms with Crippen molar-refractivity contribution >= 4 is 17.2 Å². The average Bonchev–Trinajstić information content (AvgIpc) is 3.35. The van der Waals surface area contributed by atoms with Gasteiger partial charge in [-0.25, -0.2) is 4.98 Å². The second-order valence-electron chi connectivity index (χ2n) is 8.08. The number of amides is 1. The number of likely N-dealkylation sites (tertiary alicyclic amines) is 2. The number of aromatic nitrogens is 2. The highest BCUT2D eigenvalue weighted by atomic mass is 16.2. The average molecular weight is 370 g/mol. The second-order valence-corrected chi connectivity index (χ2v) is 8.08. The number of rotatable bonds is 5. The van der Waals surface area contributed by atoms with E-state index in [-0.39, 0.29) is 11.9 Å². The van der Waals surface area contributed by atoms with Crippen molar-refractivity contribution in [2.24, 2.45) is 0 Å². The van der Waals surface area contributed by atoms with Crippen molar-refractivity contribution in [1.82, 2.24) is 19.2 Å². The summed E-state index contributed by atoms with van der Waals surface area (Å²) in [5.74, 6) is 1.24. The lowest BCUT2D eigenvalue weighted by atomic mass is 10.1. The lowest BCUT2D eigenvalue weighted by Crippen LogP contribution is -2.36. The molecule has 4 heterocycles. The summed E-state index contributed by atoms with van der Waals surface area (Å²) in [6.07, 6.45) is 10.7. The van der Waals surface area contributed by atoms with Crippen LogP contribution in [0, 0.1) is 0 Å². The number of fused-ring (bicyclic) bond motifs is 1. The van der Waals surface area contributed by atoms with E-state index < -0.39 is 0 Å². The molecule has 0 saturated carbocycles. The Hall–Kier alpha value is -2.08. The molecule has 2 saturated heterocycles. The third-order valence-corrected chi connectivity index (χ3v) is 5.94. The van der Waals surface area contributed by atoms with E-state index in [1.165, 1.54) is 19.3 Å². The monoisotopic (exact) mass is 369 g/mol. The minimum absolute atomic E-state index is 0.101. The predicted molar refractivity (Wildman–Crippen MR) is 108 cm³/mol. The van der Waals surface area contributed by atoms with Crippen LogP contribution < -0.4 is 4.90 Å². The van der Waals surface area contributed by atoms with Gasteiger partial charge in [-0.2, -0.15) is 0 Å². The van der Waals surface area contributed by atoms with Gasteiger partial charge in [-0.3, -0.25) is 4.79 Å². The summed E-state index contributed by atoms with van der Waals surface area (Å²) in [5, 5.41) is 0. The molecule has 2 fully saturated rings. The Morgan fingerprint density at radius 3 is 2.78 bits per heavy atom. The van der Waals surface area contributed by atoms with E-state index in [0.717, 1.165) is 56.0 Å². The van der Waals surface area contributed by atoms with Crippen LogP contribution in [0.15, 0.2) is 24.5 Å². The Morgan fingerprint density at radius 2 is 2.00 bits per heavy atom. The predicted octanol–water partition coefficient (Wildman–Crippen LogP) is 2.94. The molecule has 1 amide bonds. The quantitative estimate of drug-likeness (QED) is 0.813. The van der Waals surface area contributed by atoms with Gasteiger partial charge in [-0.15, -0.1) is 0 Å². The number of piperidine rings is 1. The van der Waals surface area contributed by atoms with Crippen molar-refractivity contribution in [3.05, 3.63) is 30.2 Å². The standard InChI is InChI=1S/C21H31N5O/c1-23(2)21-19-9-6-13-25(19)16-17(22-21)18-8-7-14-26(18)20(27)10-15-24-11-4-3-5-12-24/h6,9,13,16,18H,3-5,7-8,10-12,14-15H2,1-2H3/t18-/m0/s1. The number of nitrogens with zero attached hydrogens (tertiary/aromatic N) is 5. The minimum atomic E-state index is 0.101. The number of carbonyl (C=O) groups is 1. The largest absolute Gasteiger partial charge is 0.361 e. The maximum absolute atomic E-state index is 13.0. The molecule has 0 N–H and O–H groups in total. The van der Waals surface area contributed by atoms with Gasteiger partial charge in [0.05, 0.1) is 17.3 Å². The Morgan fingerprint density at radius 1 is 1.19 bits per heavy atom. The first kappa shape index (κ1) is 18.3. The maximum atomic E-state index is 13.0. The van der Waals surface area contributed by atoms with E-state index in [1.54, 1.807) is 0 Å². The van der Waals surface area contributed by atoms with E-state index in [4.69, 9.17) is 4.98 Å². The highest BCUT2D eigenvalue weighted by Crippen LogP contribution is 2.33. The van der Waals surface area contributed by atoms with E-state index in [2.05, 4.69) is 37.6 Å². The Balaban J connectivity index is 1.50. The molecule has 0 bridgehead atoms. The third kappa shape index (κ3) is 3.81. The molecular formula is C21H31N5O. The summed E-state index contributed by atoms with van der Waals surface area (Å²) in [7, 11) is 4.05. The van der Waals surface area contributed by atoms with Crippen molar-refractivity contribution in [2.45, 2.75) is 44.6 Å². The molecule has 0 spiro atoms. The van der Waals surface area contributed by atoms with Gasteiger partial charge in [0, 0.05) is 46.0 Å². The SMILES string of the molecule is CN(C)c1nc([C@@H]2CCCN2C(=O)CCN2CCCCC2)cn2cccc12. The molecule has 146 valence electrons. The van der Waals surface area contributed by atoms with Crippen LogP contribution in [-0.4, -0.2) is 65.4 Å². The smallest absolute Gasteiger partial charge is 0.224 e. The van der Waals surface area contributed by atoms with Gasteiger partial charge in [0.2, 0.25) is 5.91 Å². The van der Waals surface area contributed by atoms with Crippen molar-refractivity contribution in [3.63, 3.8) is 0 Å². The van der Waals surface area contributed by atoms with Gasteiger partial charge in [0.1, 0.15) is 0 Å².